The zero-order valence-electron chi connectivity index (χ0n) is 26.7. The molecule has 0 radical (unpaired) electrons. The first-order valence-electron chi connectivity index (χ1n) is 16.6. The molecule has 5 heteroatoms. The van der Waals surface area contributed by atoms with Crippen LogP contribution in [-0.4, -0.2) is 15.0 Å². The maximum Gasteiger partial charge on any atom is 0.164 e. The molecule has 0 fully saturated rings. The molecule has 3 heterocycles. The lowest BCUT2D eigenvalue weighted by atomic mass is 9.97. The number of rotatable bonds is 5. The number of nitrogens with zero attached hydrogens (tertiary/aromatic N) is 3. The first kappa shape index (κ1) is 28.6. The molecule has 0 aliphatic carbocycles. The highest BCUT2D eigenvalue weighted by Crippen LogP contribution is 2.42. The molecule has 0 bridgehead atoms. The number of fused-ring (bicyclic) bond motifs is 6. The number of hydrogen-bond donors (Lipinski definition) is 0. The Bertz CT molecular complexity index is 2870. The van der Waals surface area contributed by atoms with Crippen LogP contribution in [0.5, 0.6) is 0 Å². The van der Waals surface area contributed by atoms with Gasteiger partial charge in [0.2, 0.25) is 0 Å². The molecule has 0 N–H and O–H groups in total. The fraction of sp³-hybridized carbons (Fsp3) is 0. The van der Waals surface area contributed by atoms with Gasteiger partial charge in [0.25, 0.3) is 0 Å². The molecule has 0 spiro atoms. The number of furan rings is 1. The number of thiophene rings is 1. The zero-order valence-corrected chi connectivity index (χ0v) is 27.6. The first-order chi connectivity index (χ1) is 24.8. The molecular formula is C45H27N3OS. The maximum atomic E-state index is 6.27. The van der Waals surface area contributed by atoms with Gasteiger partial charge in [0.15, 0.2) is 17.5 Å². The molecule has 10 rings (SSSR count). The van der Waals surface area contributed by atoms with E-state index in [2.05, 4.69) is 133 Å². The molecule has 10 aromatic rings. The molecular weight excluding hydrogens is 631 g/mol. The van der Waals surface area contributed by atoms with Crippen molar-refractivity contribution in [2.75, 3.05) is 0 Å². The number of para-hydroxylation sites is 1. The standard InChI is InChI=1S/C45H27N3OS/c1-2-11-28(12-3-1)29-21-23-30(24-22-29)43-46-44(31-25-26-34-33-14-6-8-19-39(33)49-40(34)27-31)48-45(47-43)38-16-5-4-13-32(38)36-17-10-18-37-35-15-7-9-20-41(35)50-42(36)37/h1-27H. The second kappa shape index (κ2) is 11.6. The van der Waals surface area contributed by atoms with Gasteiger partial charge in [-0.1, -0.05) is 140 Å². The van der Waals surface area contributed by atoms with Crippen LogP contribution in [0.15, 0.2) is 168 Å². The van der Waals surface area contributed by atoms with E-state index in [9.17, 15) is 0 Å². The van der Waals surface area contributed by atoms with Crippen LogP contribution >= 0.6 is 11.3 Å². The lowest BCUT2D eigenvalue weighted by molar-refractivity contribution is 0.669. The highest BCUT2D eigenvalue weighted by molar-refractivity contribution is 7.26. The molecule has 0 atom stereocenters. The van der Waals surface area contributed by atoms with Crippen molar-refractivity contribution in [2.24, 2.45) is 0 Å². The highest BCUT2D eigenvalue weighted by atomic mass is 32.1. The molecule has 0 unspecified atom stereocenters. The second-order valence-corrected chi connectivity index (χ2v) is 13.4. The predicted molar refractivity (Wildman–Crippen MR) is 207 cm³/mol. The molecule has 4 nitrogen and oxygen atoms in total. The van der Waals surface area contributed by atoms with Crippen LogP contribution in [0.1, 0.15) is 0 Å². The Morgan fingerprint density at radius 2 is 0.940 bits per heavy atom. The van der Waals surface area contributed by atoms with E-state index in [-0.39, 0.29) is 0 Å². The van der Waals surface area contributed by atoms with Gasteiger partial charge < -0.3 is 4.42 Å². The molecule has 7 aromatic carbocycles. The van der Waals surface area contributed by atoms with Crippen LogP contribution in [0.4, 0.5) is 0 Å². The SMILES string of the molecule is c1ccc(-c2ccc(-c3nc(-c4ccc5c(c4)oc4ccccc45)nc(-c4ccccc4-c4cccc5c4sc4ccccc45)n3)cc2)cc1. The molecule has 0 saturated heterocycles. The minimum Gasteiger partial charge on any atom is -0.456 e. The van der Waals surface area contributed by atoms with E-state index in [0.717, 1.165) is 49.8 Å². The van der Waals surface area contributed by atoms with Gasteiger partial charge in [-0.3, -0.25) is 0 Å². The molecule has 50 heavy (non-hydrogen) atoms. The van der Waals surface area contributed by atoms with E-state index >= 15 is 0 Å². The smallest absolute Gasteiger partial charge is 0.164 e. The van der Waals surface area contributed by atoms with Crippen LogP contribution in [0, 0.1) is 0 Å². The van der Waals surface area contributed by atoms with E-state index in [4.69, 9.17) is 19.4 Å². The average molecular weight is 658 g/mol. The van der Waals surface area contributed by atoms with Crippen LogP contribution in [0.3, 0.4) is 0 Å². The van der Waals surface area contributed by atoms with Gasteiger partial charge in [-0.05, 0) is 41.0 Å². The third-order valence-corrected chi connectivity index (χ3v) is 10.6. The van der Waals surface area contributed by atoms with Crippen molar-refractivity contribution in [1.82, 2.24) is 15.0 Å². The van der Waals surface area contributed by atoms with Gasteiger partial charge in [0, 0.05) is 53.2 Å². The normalized spacial score (nSPS) is 11.6. The number of benzene rings is 7. The van der Waals surface area contributed by atoms with E-state index < -0.39 is 0 Å². The predicted octanol–water partition coefficient (Wildman–Crippen LogP) is 12.5. The van der Waals surface area contributed by atoms with Crippen molar-refractivity contribution in [1.29, 1.82) is 0 Å². The van der Waals surface area contributed by atoms with Crippen molar-refractivity contribution in [3.63, 3.8) is 0 Å². The van der Waals surface area contributed by atoms with E-state index in [1.54, 1.807) is 0 Å². The van der Waals surface area contributed by atoms with Crippen molar-refractivity contribution < 1.29 is 4.42 Å². The van der Waals surface area contributed by atoms with Crippen molar-refractivity contribution >= 4 is 53.4 Å². The minimum atomic E-state index is 0.592. The van der Waals surface area contributed by atoms with Gasteiger partial charge in [-0.2, -0.15) is 0 Å². The summed E-state index contributed by atoms with van der Waals surface area (Å²) < 4.78 is 8.80. The number of hydrogen-bond acceptors (Lipinski definition) is 5. The van der Waals surface area contributed by atoms with Crippen molar-refractivity contribution in [3.05, 3.63) is 164 Å². The Hall–Kier alpha value is -6.43. The third-order valence-electron chi connectivity index (χ3n) is 9.39. The van der Waals surface area contributed by atoms with Gasteiger partial charge in [0.1, 0.15) is 11.2 Å². The van der Waals surface area contributed by atoms with E-state index in [1.165, 1.54) is 31.3 Å². The quantitative estimate of drug-likeness (QED) is 0.185. The second-order valence-electron chi connectivity index (χ2n) is 12.4. The first-order valence-corrected chi connectivity index (χ1v) is 17.4. The van der Waals surface area contributed by atoms with E-state index in [1.807, 2.05) is 41.7 Å². The summed E-state index contributed by atoms with van der Waals surface area (Å²) in [7, 11) is 0. The molecule has 234 valence electrons. The van der Waals surface area contributed by atoms with Gasteiger partial charge in [0.05, 0.1) is 0 Å². The van der Waals surface area contributed by atoms with E-state index in [0.29, 0.717) is 17.5 Å². The Labute approximate surface area is 292 Å². The Balaban J connectivity index is 1.17. The number of aromatic nitrogens is 3. The van der Waals surface area contributed by atoms with Gasteiger partial charge in [-0.15, -0.1) is 11.3 Å². The summed E-state index contributed by atoms with van der Waals surface area (Å²) in [5.74, 6) is 1.83. The maximum absolute atomic E-state index is 6.27. The summed E-state index contributed by atoms with van der Waals surface area (Å²) in [5, 5.41) is 4.69. The Kier molecular flexibility index (Phi) is 6.64. The van der Waals surface area contributed by atoms with Crippen molar-refractivity contribution in [2.45, 2.75) is 0 Å². The minimum absolute atomic E-state index is 0.592. The molecule has 0 aliphatic heterocycles. The Morgan fingerprint density at radius 3 is 1.80 bits per heavy atom. The van der Waals surface area contributed by atoms with Gasteiger partial charge >= 0.3 is 0 Å². The molecule has 0 saturated carbocycles. The van der Waals surface area contributed by atoms with Crippen molar-refractivity contribution in [3.8, 4) is 56.4 Å². The fourth-order valence-corrected chi connectivity index (χ4v) is 8.16. The molecule has 0 aliphatic rings. The summed E-state index contributed by atoms with van der Waals surface area (Å²) in [5.41, 5.74) is 8.96. The van der Waals surface area contributed by atoms with Crippen LogP contribution in [0.2, 0.25) is 0 Å². The zero-order chi connectivity index (χ0) is 33.0. The van der Waals surface area contributed by atoms with Crippen LogP contribution in [0.25, 0.3) is 98.5 Å². The van der Waals surface area contributed by atoms with Crippen LogP contribution < -0.4 is 0 Å². The summed E-state index contributed by atoms with van der Waals surface area (Å²) in [6.07, 6.45) is 0. The highest BCUT2D eigenvalue weighted by Gasteiger charge is 2.19. The monoisotopic (exact) mass is 657 g/mol. The summed E-state index contributed by atoms with van der Waals surface area (Å²) in [4.78, 5) is 15.4. The topological polar surface area (TPSA) is 51.8 Å². The lowest BCUT2D eigenvalue weighted by Gasteiger charge is -2.13. The molecule has 3 aromatic heterocycles. The molecule has 0 amide bonds. The Morgan fingerprint density at radius 1 is 0.360 bits per heavy atom. The summed E-state index contributed by atoms with van der Waals surface area (Å²) in [6.45, 7) is 0. The fourth-order valence-electron chi connectivity index (χ4n) is 6.93. The largest absolute Gasteiger partial charge is 0.456 e. The summed E-state index contributed by atoms with van der Waals surface area (Å²) >= 11 is 1.83. The average Bonchev–Trinajstić information content (AvgIpc) is 3.76. The third kappa shape index (κ3) is 4.79. The lowest BCUT2D eigenvalue weighted by Crippen LogP contribution is -2.01. The van der Waals surface area contributed by atoms with Gasteiger partial charge in [-0.25, -0.2) is 15.0 Å². The van der Waals surface area contributed by atoms with Crippen LogP contribution in [-0.2, 0) is 0 Å². The summed E-state index contributed by atoms with van der Waals surface area (Å²) in [6, 6.07) is 56.8.